The molecule has 10 nitrogen and oxygen atoms in total. The van der Waals surface area contributed by atoms with Gasteiger partial charge in [0, 0.05) is 16.6 Å². The van der Waals surface area contributed by atoms with E-state index in [4.69, 9.17) is 11.5 Å². The standard InChI is InChI=1S/C17H13NO2.C8H10N2O5S/c18-16-12-6-2-1-5-11(12)9-10-14(16)13-7-3-4-8-15(13)17(19)20;1-2-16(14,15)8-3-5(9)7(11)4-6(8)10(12)13/h1-10H,18H2,(H,19,20);3-4,11H,2,9H2,1H3. The summed E-state index contributed by atoms with van der Waals surface area (Å²) < 4.78 is 23.1. The fourth-order valence-electron chi connectivity index (χ4n) is 3.56. The van der Waals surface area contributed by atoms with Gasteiger partial charge in [-0.1, -0.05) is 61.5 Å². The number of carboxylic acid groups (broad SMARTS) is 1. The molecule has 0 aromatic heterocycles. The van der Waals surface area contributed by atoms with E-state index in [1.165, 1.54) is 6.92 Å². The number of sulfone groups is 1. The molecule has 0 bridgehead atoms. The molecule has 0 amide bonds. The summed E-state index contributed by atoms with van der Waals surface area (Å²) >= 11 is 0. The molecule has 4 aromatic carbocycles. The molecule has 0 aliphatic carbocycles. The predicted octanol–water partition coefficient (Wildman–Crippen LogP) is 4.46. The molecule has 186 valence electrons. The number of nitrogens with two attached hydrogens (primary N) is 2. The average Bonchev–Trinajstić information content (AvgIpc) is 2.86. The molecular weight excluding hydrogens is 486 g/mol. The Labute approximate surface area is 206 Å². The highest BCUT2D eigenvalue weighted by Crippen LogP contribution is 2.35. The van der Waals surface area contributed by atoms with Crippen molar-refractivity contribution in [2.45, 2.75) is 11.8 Å². The lowest BCUT2D eigenvalue weighted by molar-refractivity contribution is -0.387. The maximum atomic E-state index is 11.5. The summed E-state index contributed by atoms with van der Waals surface area (Å²) in [5, 5.41) is 31.1. The largest absolute Gasteiger partial charge is 0.506 e. The van der Waals surface area contributed by atoms with Crippen molar-refractivity contribution in [3.8, 4) is 16.9 Å². The Hall–Kier alpha value is -4.64. The summed E-state index contributed by atoms with van der Waals surface area (Å²) in [7, 11) is -3.75. The Morgan fingerprint density at radius 3 is 2.25 bits per heavy atom. The van der Waals surface area contributed by atoms with E-state index >= 15 is 0 Å². The second-order valence-corrected chi connectivity index (χ2v) is 9.88. The number of nitrogens with zero attached hydrogens (tertiary/aromatic N) is 1. The third-order valence-corrected chi connectivity index (χ3v) is 7.20. The highest BCUT2D eigenvalue weighted by molar-refractivity contribution is 7.91. The van der Waals surface area contributed by atoms with E-state index in [1.54, 1.807) is 18.2 Å². The summed E-state index contributed by atoms with van der Waals surface area (Å²) in [6.07, 6.45) is 0. The number of anilines is 2. The fraction of sp³-hybridized carbons (Fsp3) is 0.0800. The van der Waals surface area contributed by atoms with Crippen LogP contribution in [0, 0.1) is 10.1 Å². The van der Waals surface area contributed by atoms with Gasteiger partial charge in [0.25, 0.3) is 5.69 Å². The second kappa shape index (κ2) is 10.3. The maximum Gasteiger partial charge on any atom is 0.336 e. The van der Waals surface area contributed by atoms with Crippen LogP contribution < -0.4 is 11.5 Å². The van der Waals surface area contributed by atoms with Gasteiger partial charge in [0.15, 0.2) is 9.84 Å². The van der Waals surface area contributed by atoms with Gasteiger partial charge >= 0.3 is 5.97 Å². The van der Waals surface area contributed by atoms with E-state index in [9.17, 15) is 33.5 Å². The molecule has 6 N–H and O–H groups in total. The number of rotatable bonds is 5. The maximum absolute atomic E-state index is 11.5. The summed E-state index contributed by atoms with van der Waals surface area (Å²) in [5.74, 6) is -1.74. The first-order valence-electron chi connectivity index (χ1n) is 10.6. The normalized spacial score (nSPS) is 10.9. The van der Waals surface area contributed by atoms with Crippen LogP contribution in [0.4, 0.5) is 17.1 Å². The van der Waals surface area contributed by atoms with E-state index in [0.717, 1.165) is 28.5 Å². The topological polar surface area (TPSA) is 187 Å². The SMILES string of the molecule is CCS(=O)(=O)c1cc(N)c(O)cc1[N+](=O)[O-].Nc1c(-c2ccccc2C(=O)O)ccc2ccccc12. The minimum Gasteiger partial charge on any atom is -0.506 e. The lowest BCUT2D eigenvalue weighted by Gasteiger charge is -2.11. The molecule has 0 atom stereocenters. The molecule has 0 spiro atoms. The van der Waals surface area contributed by atoms with Gasteiger partial charge in [-0.2, -0.15) is 0 Å². The molecule has 0 aliphatic heterocycles. The van der Waals surface area contributed by atoms with Crippen LogP contribution in [0.5, 0.6) is 5.75 Å². The minimum absolute atomic E-state index is 0.211. The summed E-state index contributed by atoms with van der Waals surface area (Å²) in [5.41, 5.74) is 12.9. The van der Waals surface area contributed by atoms with Gasteiger partial charge in [0.2, 0.25) is 0 Å². The number of aromatic carboxylic acids is 1. The van der Waals surface area contributed by atoms with Gasteiger partial charge < -0.3 is 21.7 Å². The van der Waals surface area contributed by atoms with Crippen LogP contribution in [0.3, 0.4) is 0 Å². The van der Waals surface area contributed by atoms with Gasteiger partial charge in [-0.25, -0.2) is 13.2 Å². The molecule has 0 saturated heterocycles. The molecule has 0 radical (unpaired) electrons. The third kappa shape index (κ3) is 5.20. The fourth-order valence-corrected chi connectivity index (χ4v) is 4.62. The van der Waals surface area contributed by atoms with Crippen LogP contribution in [-0.2, 0) is 9.84 Å². The van der Waals surface area contributed by atoms with Crippen LogP contribution >= 0.6 is 0 Å². The van der Waals surface area contributed by atoms with Gasteiger partial charge in [-0.15, -0.1) is 0 Å². The number of phenols is 1. The number of nitro groups is 1. The Morgan fingerprint density at radius 2 is 1.61 bits per heavy atom. The van der Waals surface area contributed by atoms with E-state index in [1.807, 2.05) is 42.5 Å². The number of nitro benzene ring substituents is 1. The van der Waals surface area contributed by atoms with E-state index in [2.05, 4.69) is 0 Å². The molecule has 0 saturated carbocycles. The van der Waals surface area contributed by atoms with Crippen LogP contribution in [0.1, 0.15) is 17.3 Å². The number of nitrogen functional groups attached to an aromatic ring is 2. The highest BCUT2D eigenvalue weighted by atomic mass is 32.2. The van der Waals surface area contributed by atoms with Crippen LogP contribution in [0.15, 0.2) is 77.7 Å². The monoisotopic (exact) mass is 509 g/mol. The van der Waals surface area contributed by atoms with Crippen LogP contribution in [0.25, 0.3) is 21.9 Å². The number of hydrogen-bond donors (Lipinski definition) is 4. The number of aromatic hydroxyl groups is 1. The summed E-state index contributed by atoms with van der Waals surface area (Å²) in [6.45, 7) is 1.36. The molecule has 36 heavy (non-hydrogen) atoms. The first-order chi connectivity index (χ1) is 17.0. The first kappa shape index (κ1) is 26.0. The molecule has 0 aliphatic rings. The van der Waals surface area contributed by atoms with Gasteiger partial charge in [0.1, 0.15) is 10.6 Å². The number of hydrogen-bond acceptors (Lipinski definition) is 8. The molecule has 0 heterocycles. The number of fused-ring (bicyclic) bond motifs is 1. The number of phenolic OH excluding ortho intramolecular Hbond substituents is 1. The molecular formula is C25H23N3O7S. The van der Waals surface area contributed by atoms with Gasteiger partial charge in [0.05, 0.1) is 28.0 Å². The third-order valence-electron chi connectivity index (χ3n) is 5.44. The Bertz CT molecular complexity index is 1580. The van der Waals surface area contributed by atoms with Crippen molar-refractivity contribution in [2.24, 2.45) is 0 Å². The highest BCUT2D eigenvalue weighted by Gasteiger charge is 2.26. The smallest absolute Gasteiger partial charge is 0.336 e. The van der Waals surface area contributed by atoms with Crippen molar-refractivity contribution in [1.29, 1.82) is 0 Å². The molecule has 0 unspecified atom stereocenters. The van der Waals surface area contributed by atoms with Gasteiger partial charge in [-0.3, -0.25) is 10.1 Å². The number of benzene rings is 4. The zero-order chi connectivity index (χ0) is 26.6. The van der Waals surface area contributed by atoms with E-state index in [0.29, 0.717) is 11.3 Å². The quantitative estimate of drug-likeness (QED) is 0.130. The van der Waals surface area contributed by atoms with Crippen molar-refractivity contribution in [3.05, 3.63) is 88.5 Å². The van der Waals surface area contributed by atoms with Crippen LogP contribution in [0.2, 0.25) is 0 Å². The Balaban J connectivity index is 0.000000207. The Morgan fingerprint density at radius 1 is 0.972 bits per heavy atom. The molecule has 4 aromatic rings. The average molecular weight is 510 g/mol. The first-order valence-corrected chi connectivity index (χ1v) is 12.2. The summed E-state index contributed by atoms with van der Waals surface area (Å²) in [6, 6.07) is 20.2. The lowest BCUT2D eigenvalue weighted by atomic mass is 9.95. The minimum atomic E-state index is -3.75. The number of carbonyl (C=O) groups is 1. The van der Waals surface area contributed by atoms with Gasteiger partial charge in [-0.05, 0) is 23.1 Å². The van der Waals surface area contributed by atoms with Crippen molar-refractivity contribution in [1.82, 2.24) is 0 Å². The Kier molecular flexibility index (Phi) is 7.45. The molecule has 0 fully saturated rings. The molecule has 11 heteroatoms. The summed E-state index contributed by atoms with van der Waals surface area (Å²) in [4.78, 5) is 20.6. The van der Waals surface area contributed by atoms with Crippen molar-refractivity contribution in [2.75, 3.05) is 17.2 Å². The molecule has 4 rings (SSSR count). The van der Waals surface area contributed by atoms with Crippen LogP contribution in [-0.4, -0.2) is 35.3 Å². The van der Waals surface area contributed by atoms with Crippen molar-refractivity contribution in [3.63, 3.8) is 0 Å². The second-order valence-electron chi connectivity index (χ2n) is 7.64. The van der Waals surface area contributed by atoms with Crippen molar-refractivity contribution >= 4 is 43.6 Å². The van der Waals surface area contributed by atoms with Crippen molar-refractivity contribution < 1.29 is 28.3 Å². The van der Waals surface area contributed by atoms with E-state index < -0.39 is 37.1 Å². The zero-order valence-corrected chi connectivity index (χ0v) is 19.9. The van der Waals surface area contributed by atoms with E-state index in [-0.39, 0.29) is 17.0 Å². The zero-order valence-electron chi connectivity index (χ0n) is 19.1. The predicted molar refractivity (Wildman–Crippen MR) is 138 cm³/mol. The number of carboxylic acids is 1. The lowest BCUT2D eigenvalue weighted by Crippen LogP contribution is -2.08.